The van der Waals surface area contributed by atoms with Crippen molar-refractivity contribution >= 4 is 11.7 Å². The molecule has 0 spiro atoms. The second-order valence-corrected chi connectivity index (χ2v) is 9.13. The SMILES string of the molecule is CC(CC(=O)c1cc(C2CC2)on1)C1CCN(C(=O)[C@H](N)Cc2ccc(O)cc2)CC1. The van der Waals surface area contributed by atoms with Gasteiger partial charge < -0.3 is 20.3 Å². The van der Waals surface area contributed by atoms with E-state index in [-0.39, 0.29) is 23.4 Å². The lowest BCUT2D eigenvalue weighted by molar-refractivity contribution is -0.134. The number of hydrogen-bond donors (Lipinski definition) is 2. The molecule has 31 heavy (non-hydrogen) atoms. The number of piperidine rings is 1. The van der Waals surface area contributed by atoms with Gasteiger partial charge in [0.1, 0.15) is 17.2 Å². The van der Waals surface area contributed by atoms with Gasteiger partial charge in [-0.15, -0.1) is 0 Å². The quantitative estimate of drug-likeness (QED) is 0.628. The zero-order chi connectivity index (χ0) is 22.0. The van der Waals surface area contributed by atoms with E-state index in [2.05, 4.69) is 12.1 Å². The number of phenolic OH excluding ortho intramolecular Hbond substituents is 1. The number of phenols is 1. The first-order chi connectivity index (χ1) is 14.9. The highest BCUT2D eigenvalue weighted by Crippen LogP contribution is 2.40. The van der Waals surface area contributed by atoms with Crippen molar-refractivity contribution in [2.45, 2.75) is 57.4 Å². The van der Waals surface area contributed by atoms with Crippen LogP contribution in [0.2, 0.25) is 0 Å². The molecule has 0 radical (unpaired) electrons. The van der Waals surface area contributed by atoms with E-state index in [1.807, 2.05) is 11.0 Å². The van der Waals surface area contributed by atoms with Gasteiger partial charge in [-0.1, -0.05) is 24.2 Å². The van der Waals surface area contributed by atoms with Crippen molar-refractivity contribution in [1.82, 2.24) is 10.1 Å². The lowest BCUT2D eigenvalue weighted by atomic mass is 9.82. The molecular formula is C24H31N3O4. The van der Waals surface area contributed by atoms with Crippen LogP contribution in [0.4, 0.5) is 0 Å². The monoisotopic (exact) mass is 425 g/mol. The summed E-state index contributed by atoms with van der Waals surface area (Å²) in [6.07, 6.45) is 4.89. The average molecular weight is 426 g/mol. The van der Waals surface area contributed by atoms with Crippen molar-refractivity contribution in [3.8, 4) is 5.75 Å². The number of likely N-dealkylation sites (tertiary alicyclic amines) is 1. The van der Waals surface area contributed by atoms with Crippen LogP contribution in [0.5, 0.6) is 5.75 Å². The van der Waals surface area contributed by atoms with Gasteiger partial charge in [-0.05, 0) is 61.6 Å². The number of carbonyl (C=O) groups excluding carboxylic acids is 2. The molecule has 1 unspecified atom stereocenters. The number of ketones is 1. The number of amides is 1. The average Bonchev–Trinajstić information content (AvgIpc) is 3.51. The highest BCUT2D eigenvalue weighted by Gasteiger charge is 2.31. The van der Waals surface area contributed by atoms with E-state index in [9.17, 15) is 14.7 Å². The Morgan fingerprint density at radius 2 is 1.87 bits per heavy atom. The number of carbonyl (C=O) groups is 2. The first-order valence-corrected chi connectivity index (χ1v) is 11.2. The molecule has 7 heteroatoms. The minimum absolute atomic E-state index is 0.0366. The second-order valence-electron chi connectivity index (χ2n) is 9.13. The number of nitrogens with two attached hydrogens (primary N) is 1. The van der Waals surface area contributed by atoms with E-state index in [0.717, 1.165) is 37.0 Å². The van der Waals surface area contributed by atoms with E-state index in [4.69, 9.17) is 10.3 Å². The van der Waals surface area contributed by atoms with Crippen LogP contribution in [0.3, 0.4) is 0 Å². The molecule has 2 heterocycles. The fourth-order valence-electron chi connectivity index (χ4n) is 4.44. The topological polar surface area (TPSA) is 110 Å². The molecule has 3 N–H and O–H groups in total. The van der Waals surface area contributed by atoms with Gasteiger partial charge in [0.15, 0.2) is 5.78 Å². The fourth-order valence-corrected chi connectivity index (χ4v) is 4.44. The third-order valence-corrected chi connectivity index (χ3v) is 6.67. The lowest BCUT2D eigenvalue weighted by Crippen LogP contribution is -2.48. The number of nitrogens with zero attached hydrogens (tertiary/aromatic N) is 2. The minimum Gasteiger partial charge on any atom is -0.508 e. The van der Waals surface area contributed by atoms with Gasteiger partial charge in [0, 0.05) is 31.5 Å². The van der Waals surface area contributed by atoms with Crippen LogP contribution >= 0.6 is 0 Å². The van der Waals surface area contributed by atoms with Crippen LogP contribution in [0.1, 0.15) is 66.8 Å². The summed E-state index contributed by atoms with van der Waals surface area (Å²) in [7, 11) is 0. The van der Waals surface area contributed by atoms with Crippen LogP contribution in [0.15, 0.2) is 34.9 Å². The van der Waals surface area contributed by atoms with Crippen LogP contribution in [0.25, 0.3) is 0 Å². The molecule has 166 valence electrons. The van der Waals surface area contributed by atoms with E-state index >= 15 is 0 Å². The zero-order valence-corrected chi connectivity index (χ0v) is 18.0. The van der Waals surface area contributed by atoms with Gasteiger partial charge in [0.2, 0.25) is 5.91 Å². The normalized spacial score (nSPS) is 19.2. The number of benzene rings is 1. The standard InChI is InChI=1S/C24H31N3O4/c1-15(12-22(29)21-14-23(31-26-21)18-4-5-18)17-8-10-27(11-9-17)24(30)20(25)13-16-2-6-19(28)7-3-16/h2-3,6-7,14-15,17-18,20,28H,4-5,8-13,25H2,1H3/t15?,20-/m1/s1. The molecule has 1 aliphatic carbocycles. The predicted octanol–water partition coefficient (Wildman–Crippen LogP) is 3.28. The van der Waals surface area contributed by atoms with E-state index < -0.39 is 6.04 Å². The van der Waals surface area contributed by atoms with Crippen molar-refractivity contribution in [1.29, 1.82) is 0 Å². The molecular weight excluding hydrogens is 394 g/mol. The first kappa shape index (κ1) is 21.6. The summed E-state index contributed by atoms with van der Waals surface area (Å²) in [5.41, 5.74) is 7.53. The number of hydrogen-bond acceptors (Lipinski definition) is 6. The second kappa shape index (κ2) is 9.22. The maximum Gasteiger partial charge on any atom is 0.239 e. The highest BCUT2D eigenvalue weighted by molar-refractivity contribution is 5.94. The number of Topliss-reactive ketones (excluding diaryl/α,β-unsaturated/α-hetero) is 1. The molecule has 1 aromatic carbocycles. The molecule has 2 aliphatic rings. The minimum atomic E-state index is -0.590. The Kier molecular flexibility index (Phi) is 6.41. The molecule has 4 rings (SSSR count). The lowest BCUT2D eigenvalue weighted by Gasteiger charge is -2.36. The summed E-state index contributed by atoms with van der Waals surface area (Å²) >= 11 is 0. The summed E-state index contributed by atoms with van der Waals surface area (Å²) < 4.78 is 5.31. The van der Waals surface area contributed by atoms with Crippen LogP contribution in [-0.4, -0.2) is 46.0 Å². The van der Waals surface area contributed by atoms with Gasteiger partial charge in [-0.25, -0.2) is 0 Å². The molecule has 1 saturated heterocycles. The molecule has 2 aromatic rings. The van der Waals surface area contributed by atoms with Crippen molar-refractivity contribution in [3.63, 3.8) is 0 Å². The molecule has 2 atom stereocenters. The fraction of sp³-hybridized carbons (Fsp3) is 0.542. The highest BCUT2D eigenvalue weighted by atomic mass is 16.5. The molecule has 0 bridgehead atoms. The Morgan fingerprint density at radius 3 is 2.52 bits per heavy atom. The maximum atomic E-state index is 12.7. The molecule has 1 saturated carbocycles. The third kappa shape index (κ3) is 5.34. The molecule has 1 aliphatic heterocycles. The van der Waals surface area contributed by atoms with E-state index in [1.54, 1.807) is 24.3 Å². The van der Waals surface area contributed by atoms with Crippen molar-refractivity contribution < 1.29 is 19.2 Å². The largest absolute Gasteiger partial charge is 0.508 e. The molecule has 1 amide bonds. The van der Waals surface area contributed by atoms with Gasteiger partial charge in [-0.2, -0.15) is 0 Å². The zero-order valence-electron chi connectivity index (χ0n) is 18.0. The smallest absolute Gasteiger partial charge is 0.239 e. The van der Waals surface area contributed by atoms with Crippen molar-refractivity contribution in [2.75, 3.05) is 13.1 Å². The third-order valence-electron chi connectivity index (χ3n) is 6.67. The van der Waals surface area contributed by atoms with Crippen LogP contribution < -0.4 is 5.73 Å². The Bertz CT molecular complexity index is 911. The Balaban J connectivity index is 1.23. The Labute approximate surface area is 182 Å². The van der Waals surface area contributed by atoms with Gasteiger partial charge in [0.05, 0.1) is 6.04 Å². The summed E-state index contributed by atoms with van der Waals surface area (Å²) in [6.45, 7) is 3.45. The maximum absolute atomic E-state index is 12.7. The summed E-state index contributed by atoms with van der Waals surface area (Å²) in [4.78, 5) is 27.2. The van der Waals surface area contributed by atoms with Crippen LogP contribution in [-0.2, 0) is 11.2 Å². The number of aromatic nitrogens is 1. The van der Waals surface area contributed by atoms with Gasteiger partial charge in [-0.3, -0.25) is 9.59 Å². The molecule has 2 fully saturated rings. The number of rotatable bonds is 8. The Morgan fingerprint density at radius 1 is 1.19 bits per heavy atom. The first-order valence-electron chi connectivity index (χ1n) is 11.2. The van der Waals surface area contributed by atoms with E-state index in [1.165, 1.54) is 0 Å². The van der Waals surface area contributed by atoms with Crippen molar-refractivity contribution in [3.05, 3.63) is 47.3 Å². The Hall–Kier alpha value is -2.67. The van der Waals surface area contributed by atoms with Crippen molar-refractivity contribution in [2.24, 2.45) is 17.6 Å². The molecule has 1 aromatic heterocycles. The van der Waals surface area contributed by atoms with Crippen LogP contribution in [0, 0.1) is 11.8 Å². The van der Waals surface area contributed by atoms with Gasteiger partial charge >= 0.3 is 0 Å². The number of aromatic hydroxyl groups is 1. The summed E-state index contributed by atoms with van der Waals surface area (Å²) in [5, 5.41) is 13.3. The molecule has 7 nitrogen and oxygen atoms in total. The summed E-state index contributed by atoms with van der Waals surface area (Å²) in [5.74, 6) is 2.13. The van der Waals surface area contributed by atoms with E-state index in [0.29, 0.717) is 43.5 Å². The summed E-state index contributed by atoms with van der Waals surface area (Å²) in [6, 6.07) is 8.00. The van der Waals surface area contributed by atoms with Gasteiger partial charge in [0.25, 0.3) is 0 Å². The predicted molar refractivity (Wildman–Crippen MR) is 116 cm³/mol.